The molecular weight excluding hydrogens is 294 g/mol. The molecule has 0 spiro atoms. The van der Waals surface area contributed by atoms with Crippen LogP contribution in [0.4, 0.5) is 5.82 Å². The molecule has 3 aromatic rings. The molecule has 0 aliphatic heterocycles. The smallest absolute Gasteiger partial charge is 0.256 e. The standard InChI is InChI=1S/C17H15N3OS/c1-11-10-16(19-12(2)18-11)20-17(21)14-7-5-13(6-8-14)15-4-3-9-22-15/h3-10H,1-2H3,(H,18,19,20,21). The minimum atomic E-state index is -0.171. The van der Waals surface area contributed by atoms with Crippen LogP contribution in [0, 0.1) is 13.8 Å². The maximum atomic E-state index is 12.3. The number of nitrogens with one attached hydrogen (secondary N) is 1. The second kappa shape index (κ2) is 6.07. The fourth-order valence-electron chi connectivity index (χ4n) is 2.20. The maximum absolute atomic E-state index is 12.3. The first-order chi connectivity index (χ1) is 10.6. The lowest BCUT2D eigenvalue weighted by Crippen LogP contribution is -2.13. The number of amides is 1. The van der Waals surface area contributed by atoms with Crippen LogP contribution in [-0.4, -0.2) is 15.9 Å². The fourth-order valence-corrected chi connectivity index (χ4v) is 2.93. The topological polar surface area (TPSA) is 54.9 Å². The normalized spacial score (nSPS) is 10.5. The van der Waals surface area contributed by atoms with Crippen LogP contribution < -0.4 is 5.32 Å². The Morgan fingerprint density at radius 2 is 1.86 bits per heavy atom. The Labute approximate surface area is 132 Å². The molecule has 3 rings (SSSR count). The van der Waals surface area contributed by atoms with Gasteiger partial charge in [-0.15, -0.1) is 11.3 Å². The third-order valence-electron chi connectivity index (χ3n) is 3.16. The van der Waals surface area contributed by atoms with E-state index in [1.807, 2.05) is 42.6 Å². The fraction of sp³-hybridized carbons (Fsp3) is 0.118. The maximum Gasteiger partial charge on any atom is 0.256 e. The van der Waals surface area contributed by atoms with Crippen molar-refractivity contribution < 1.29 is 4.79 Å². The zero-order chi connectivity index (χ0) is 15.5. The summed E-state index contributed by atoms with van der Waals surface area (Å²) in [5.74, 6) is 0.996. The van der Waals surface area contributed by atoms with E-state index in [0.29, 0.717) is 17.2 Å². The molecule has 2 aromatic heterocycles. The van der Waals surface area contributed by atoms with Crippen molar-refractivity contribution in [3.8, 4) is 10.4 Å². The summed E-state index contributed by atoms with van der Waals surface area (Å²) < 4.78 is 0. The molecule has 5 heteroatoms. The van der Waals surface area contributed by atoms with Crippen LogP contribution in [0.5, 0.6) is 0 Å². The summed E-state index contributed by atoms with van der Waals surface area (Å²) in [6.07, 6.45) is 0. The number of carbonyl (C=O) groups is 1. The average Bonchev–Trinajstić information content (AvgIpc) is 3.00. The van der Waals surface area contributed by atoms with E-state index in [1.165, 1.54) is 4.88 Å². The zero-order valence-corrected chi connectivity index (χ0v) is 13.1. The predicted octanol–water partition coefficient (Wildman–Crippen LogP) is 4.07. The van der Waals surface area contributed by atoms with Crippen LogP contribution in [-0.2, 0) is 0 Å². The van der Waals surface area contributed by atoms with Crippen LogP contribution in [0.3, 0.4) is 0 Å². The van der Waals surface area contributed by atoms with Crippen molar-refractivity contribution in [1.29, 1.82) is 0 Å². The molecule has 22 heavy (non-hydrogen) atoms. The molecule has 0 aliphatic carbocycles. The van der Waals surface area contributed by atoms with Crippen molar-refractivity contribution in [1.82, 2.24) is 9.97 Å². The molecule has 1 amide bonds. The van der Waals surface area contributed by atoms with Crippen LogP contribution in [0.15, 0.2) is 47.8 Å². The Balaban J connectivity index is 1.77. The summed E-state index contributed by atoms with van der Waals surface area (Å²) in [5, 5.41) is 4.84. The molecule has 0 fully saturated rings. The summed E-state index contributed by atoms with van der Waals surface area (Å²) in [5.41, 5.74) is 2.55. The molecular formula is C17H15N3OS. The molecule has 0 saturated heterocycles. The SMILES string of the molecule is Cc1cc(NC(=O)c2ccc(-c3cccs3)cc2)nc(C)n1. The molecule has 0 atom stereocenters. The van der Waals surface area contributed by atoms with Gasteiger partial charge in [0.2, 0.25) is 0 Å². The number of aromatic nitrogens is 2. The number of benzene rings is 1. The van der Waals surface area contributed by atoms with E-state index in [2.05, 4.69) is 21.4 Å². The van der Waals surface area contributed by atoms with Crippen molar-refractivity contribution in [3.63, 3.8) is 0 Å². The molecule has 0 aliphatic rings. The second-order valence-corrected chi connectivity index (χ2v) is 5.90. The van der Waals surface area contributed by atoms with Gasteiger partial charge in [0.25, 0.3) is 5.91 Å². The van der Waals surface area contributed by atoms with Crippen molar-refractivity contribution in [2.75, 3.05) is 5.32 Å². The van der Waals surface area contributed by atoms with Crippen molar-refractivity contribution in [2.24, 2.45) is 0 Å². The van der Waals surface area contributed by atoms with Gasteiger partial charge in [-0.3, -0.25) is 4.79 Å². The van der Waals surface area contributed by atoms with Crippen LogP contribution in [0.2, 0.25) is 0 Å². The molecule has 0 unspecified atom stereocenters. The molecule has 4 nitrogen and oxygen atoms in total. The van der Waals surface area contributed by atoms with E-state index >= 15 is 0 Å². The highest BCUT2D eigenvalue weighted by molar-refractivity contribution is 7.13. The van der Waals surface area contributed by atoms with Gasteiger partial charge >= 0.3 is 0 Å². The molecule has 110 valence electrons. The Morgan fingerprint density at radius 3 is 2.50 bits per heavy atom. The number of hydrogen-bond acceptors (Lipinski definition) is 4. The first-order valence-corrected chi connectivity index (χ1v) is 7.77. The number of carbonyl (C=O) groups excluding carboxylic acids is 1. The number of thiophene rings is 1. The number of hydrogen-bond donors (Lipinski definition) is 1. The van der Waals surface area contributed by atoms with Gasteiger partial charge in [0, 0.05) is 22.2 Å². The van der Waals surface area contributed by atoms with Gasteiger partial charge in [-0.25, -0.2) is 9.97 Å². The summed E-state index contributed by atoms with van der Waals surface area (Å²) in [6, 6.07) is 13.4. The van der Waals surface area contributed by atoms with Crippen LogP contribution in [0.25, 0.3) is 10.4 Å². The van der Waals surface area contributed by atoms with Gasteiger partial charge in [0.15, 0.2) is 0 Å². The second-order valence-electron chi connectivity index (χ2n) is 4.95. The van der Waals surface area contributed by atoms with Gasteiger partial charge in [-0.05, 0) is 43.0 Å². The van der Waals surface area contributed by atoms with Crippen LogP contribution >= 0.6 is 11.3 Å². The first-order valence-electron chi connectivity index (χ1n) is 6.89. The Kier molecular flexibility index (Phi) is 3.98. The minimum absolute atomic E-state index is 0.171. The summed E-state index contributed by atoms with van der Waals surface area (Å²) in [4.78, 5) is 21.9. The highest BCUT2D eigenvalue weighted by atomic mass is 32.1. The summed E-state index contributed by atoms with van der Waals surface area (Å²) in [7, 11) is 0. The Hall–Kier alpha value is -2.53. The first kappa shape index (κ1) is 14.4. The average molecular weight is 309 g/mol. The summed E-state index contributed by atoms with van der Waals surface area (Å²) in [6.45, 7) is 3.68. The quantitative estimate of drug-likeness (QED) is 0.793. The third kappa shape index (κ3) is 3.20. The van der Waals surface area contributed by atoms with Gasteiger partial charge in [-0.2, -0.15) is 0 Å². The zero-order valence-electron chi connectivity index (χ0n) is 12.3. The van der Waals surface area contributed by atoms with E-state index in [4.69, 9.17) is 0 Å². The Bertz CT molecular complexity index is 775. The van der Waals surface area contributed by atoms with Gasteiger partial charge in [-0.1, -0.05) is 18.2 Å². The summed E-state index contributed by atoms with van der Waals surface area (Å²) >= 11 is 1.68. The molecule has 0 bridgehead atoms. The van der Waals surface area contributed by atoms with Gasteiger partial charge in [0.1, 0.15) is 11.6 Å². The van der Waals surface area contributed by atoms with E-state index in [1.54, 1.807) is 24.3 Å². The highest BCUT2D eigenvalue weighted by Crippen LogP contribution is 2.24. The minimum Gasteiger partial charge on any atom is -0.306 e. The molecule has 0 radical (unpaired) electrons. The van der Waals surface area contributed by atoms with Crippen molar-refractivity contribution in [3.05, 3.63) is 64.9 Å². The molecule has 1 N–H and O–H groups in total. The predicted molar refractivity (Wildman–Crippen MR) is 89.2 cm³/mol. The van der Waals surface area contributed by atoms with E-state index in [9.17, 15) is 4.79 Å². The lowest BCUT2D eigenvalue weighted by molar-refractivity contribution is 0.102. The van der Waals surface area contributed by atoms with Crippen molar-refractivity contribution >= 4 is 23.1 Å². The van der Waals surface area contributed by atoms with Crippen LogP contribution in [0.1, 0.15) is 21.9 Å². The van der Waals surface area contributed by atoms with E-state index in [0.717, 1.165) is 11.3 Å². The number of nitrogens with zero attached hydrogens (tertiary/aromatic N) is 2. The monoisotopic (exact) mass is 309 g/mol. The Morgan fingerprint density at radius 1 is 1.09 bits per heavy atom. The molecule has 1 aromatic carbocycles. The molecule has 0 saturated carbocycles. The number of anilines is 1. The number of rotatable bonds is 3. The number of aryl methyl sites for hydroxylation is 2. The molecule has 2 heterocycles. The van der Waals surface area contributed by atoms with Gasteiger partial charge in [0.05, 0.1) is 0 Å². The van der Waals surface area contributed by atoms with Crippen molar-refractivity contribution in [2.45, 2.75) is 13.8 Å². The largest absolute Gasteiger partial charge is 0.306 e. The van der Waals surface area contributed by atoms with E-state index in [-0.39, 0.29) is 5.91 Å². The third-order valence-corrected chi connectivity index (χ3v) is 4.08. The lowest BCUT2D eigenvalue weighted by atomic mass is 10.1. The van der Waals surface area contributed by atoms with Gasteiger partial charge < -0.3 is 5.32 Å². The van der Waals surface area contributed by atoms with E-state index < -0.39 is 0 Å². The lowest BCUT2D eigenvalue weighted by Gasteiger charge is -2.06. The highest BCUT2D eigenvalue weighted by Gasteiger charge is 2.08.